The average molecular weight is 295 g/mol. The topological polar surface area (TPSA) is 38.0 Å². The number of allylic oxidation sites excluding steroid dienone is 1. The summed E-state index contributed by atoms with van der Waals surface area (Å²) < 4.78 is 0. The molecule has 4 atom stereocenters. The molecule has 0 radical (unpaired) electrons. The van der Waals surface area contributed by atoms with Crippen molar-refractivity contribution in [2.24, 2.45) is 35.3 Å². The summed E-state index contributed by atoms with van der Waals surface area (Å²) in [5, 5.41) is 3.72. The van der Waals surface area contributed by atoms with Gasteiger partial charge in [0.2, 0.25) is 0 Å². The van der Waals surface area contributed by atoms with Crippen molar-refractivity contribution in [3.05, 3.63) is 11.6 Å². The lowest BCUT2D eigenvalue weighted by Crippen LogP contribution is -2.51. The second-order valence-electron chi connectivity index (χ2n) is 7.57. The number of piperidine rings is 1. The van der Waals surface area contributed by atoms with Crippen LogP contribution in [0.2, 0.25) is 0 Å². The molecule has 0 aromatic carbocycles. The fraction of sp³-hybridized carbons (Fsp3) is 0.895. The highest BCUT2D eigenvalue weighted by Crippen LogP contribution is 2.35. The summed E-state index contributed by atoms with van der Waals surface area (Å²) in [5.74, 6) is 3.72. The van der Waals surface area contributed by atoms with Crippen LogP contribution < -0.4 is 11.1 Å². The molecular weight excluding hydrogens is 256 g/mol. The van der Waals surface area contributed by atoms with E-state index in [1.165, 1.54) is 19.3 Å². The molecular formula is C19H38N2. The molecule has 1 heterocycles. The maximum absolute atomic E-state index is 5.95. The number of rotatable bonds is 7. The van der Waals surface area contributed by atoms with Crippen molar-refractivity contribution >= 4 is 0 Å². The van der Waals surface area contributed by atoms with Crippen LogP contribution in [0, 0.1) is 29.6 Å². The molecule has 0 saturated carbocycles. The summed E-state index contributed by atoms with van der Waals surface area (Å²) in [5.41, 5.74) is 7.62. The lowest BCUT2D eigenvalue weighted by molar-refractivity contribution is 0.184. The Hall–Kier alpha value is -0.340. The predicted octanol–water partition coefficient (Wildman–Crippen LogP) is 4.21. The summed E-state index contributed by atoms with van der Waals surface area (Å²) in [7, 11) is 0. The van der Waals surface area contributed by atoms with Gasteiger partial charge in [0, 0.05) is 19.1 Å². The molecule has 0 aromatic heterocycles. The molecule has 1 aliphatic rings. The van der Waals surface area contributed by atoms with Crippen LogP contribution >= 0.6 is 0 Å². The third kappa shape index (κ3) is 5.10. The van der Waals surface area contributed by atoms with Gasteiger partial charge in [-0.15, -0.1) is 0 Å². The van der Waals surface area contributed by atoms with E-state index in [2.05, 4.69) is 52.9 Å². The Labute approximate surface area is 133 Å². The van der Waals surface area contributed by atoms with Crippen LogP contribution in [0.4, 0.5) is 0 Å². The van der Waals surface area contributed by atoms with Crippen molar-refractivity contribution < 1.29 is 0 Å². The summed E-state index contributed by atoms with van der Waals surface area (Å²) in [4.78, 5) is 0. The summed E-state index contributed by atoms with van der Waals surface area (Å²) in [6, 6.07) is 0.506. The van der Waals surface area contributed by atoms with E-state index in [-0.39, 0.29) is 0 Å². The Bertz CT molecular complexity index is 320. The van der Waals surface area contributed by atoms with Crippen LogP contribution in [0.5, 0.6) is 0 Å². The van der Waals surface area contributed by atoms with Crippen molar-refractivity contribution in [1.29, 1.82) is 0 Å². The van der Waals surface area contributed by atoms with Crippen LogP contribution in [0.1, 0.15) is 60.8 Å². The van der Waals surface area contributed by atoms with Gasteiger partial charge in [-0.05, 0) is 49.4 Å². The first-order chi connectivity index (χ1) is 9.94. The molecule has 0 aromatic rings. The van der Waals surface area contributed by atoms with E-state index in [1.54, 1.807) is 5.57 Å². The molecule has 2 heteroatoms. The Morgan fingerprint density at radius 1 is 1.29 bits per heavy atom. The molecule has 0 amide bonds. The van der Waals surface area contributed by atoms with Crippen LogP contribution in [0.3, 0.4) is 0 Å². The monoisotopic (exact) mass is 294 g/mol. The lowest BCUT2D eigenvalue weighted by atomic mass is 9.73. The molecule has 0 bridgehead atoms. The van der Waals surface area contributed by atoms with Gasteiger partial charge in [0.05, 0.1) is 0 Å². The Morgan fingerprint density at radius 3 is 2.38 bits per heavy atom. The highest BCUT2D eigenvalue weighted by Gasteiger charge is 2.33. The number of nitrogens with two attached hydrogens (primary N) is 1. The van der Waals surface area contributed by atoms with E-state index >= 15 is 0 Å². The minimum Gasteiger partial charge on any atom is -0.329 e. The van der Waals surface area contributed by atoms with Gasteiger partial charge in [-0.2, -0.15) is 0 Å². The molecule has 21 heavy (non-hydrogen) atoms. The van der Waals surface area contributed by atoms with Crippen molar-refractivity contribution in [2.75, 3.05) is 13.1 Å². The van der Waals surface area contributed by atoms with Gasteiger partial charge in [-0.3, -0.25) is 0 Å². The third-order valence-electron chi connectivity index (χ3n) is 5.67. The molecule has 124 valence electrons. The highest BCUT2D eigenvalue weighted by molar-refractivity contribution is 5.10. The van der Waals surface area contributed by atoms with E-state index in [0.717, 1.165) is 24.9 Å². The van der Waals surface area contributed by atoms with Gasteiger partial charge in [0.15, 0.2) is 0 Å². The van der Waals surface area contributed by atoms with E-state index < -0.39 is 0 Å². The molecule has 1 aliphatic heterocycles. The zero-order chi connectivity index (χ0) is 16.0. The minimum absolute atomic E-state index is 0.506. The Morgan fingerprint density at radius 2 is 1.95 bits per heavy atom. The van der Waals surface area contributed by atoms with Crippen molar-refractivity contribution in [1.82, 2.24) is 5.32 Å². The van der Waals surface area contributed by atoms with Gasteiger partial charge in [0.25, 0.3) is 0 Å². The second kappa shape index (κ2) is 8.95. The van der Waals surface area contributed by atoms with Gasteiger partial charge in [0.1, 0.15) is 0 Å². The normalized spacial score (nSPS) is 29.2. The van der Waals surface area contributed by atoms with Crippen LogP contribution in [-0.2, 0) is 0 Å². The van der Waals surface area contributed by atoms with Crippen molar-refractivity contribution in [3.63, 3.8) is 0 Å². The van der Waals surface area contributed by atoms with Gasteiger partial charge in [-0.1, -0.05) is 52.7 Å². The van der Waals surface area contributed by atoms with Crippen LogP contribution in [-0.4, -0.2) is 19.1 Å². The molecule has 1 saturated heterocycles. The molecule has 0 aliphatic carbocycles. The standard InChI is InChI=1S/C19H38N2/c1-7-15(13(3)4)9-16(8-2)17-10-18(14(5)6)19(11-20)21-12-17/h8,13-15,17-19,21H,7,9-12,20H2,1-6H3/b16-8+. The fourth-order valence-electron chi connectivity index (χ4n) is 3.97. The SMILES string of the molecule is C/C=C(\CC(CC)C(C)C)C1CNC(CN)C(C(C)C)C1. The zero-order valence-electron chi connectivity index (χ0n) is 15.2. The predicted molar refractivity (Wildman–Crippen MR) is 94.3 cm³/mol. The molecule has 0 spiro atoms. The van der Waals surface area contributed by atoms with Gasteiger partial charge >= 0.3 is 0 Å². The molecule has 2 nitrogen and oxygen atoms in total. The largest absolute Gasteiger partial charge is 0.329 e. The molecule has 1 fully saturated rings. The summed E-state index contributed by atoms with van der Waals surface area (Å²) in [6.45, 7) is 15.8. The van der Waals surface area contributed by atoms with Crippen molar-refractivity contribution in [2.45, 2.75) is 66.8 Å². The average Bonchev–Trinajstić information content (AvgIpc) is 2.47. The van der Waals surface area contributed by atoms with Crippen LogP contribution in [0.25, 0.3) is 0 Å². The van der Waals surface area contributed by atoms with E-state index in [1.807, 2.05) is 0 Å². The van der Waals surface area contributed by atoms with Crippen LogP contribution in [0.15, 0.2) is 11.6 Å². The third-order valence-corrected chi connectivity index (χ3v) is 5.67. The zero-order valence-corrected chi connectivity index (χ0v) is 15.2. The molecule has 1 rings (SSSR count). The van der Waals surface area contributed by atoms with Gasteiger partial charge in [-0.25, -0.2) is 0 Å². The first kappa shape index (κ1) is 18.7. The maximum atomic E-state index is 5.95. The summed E-state index contributed by atoms with van der Waals surface area (Å²) in [6.07, 6.45) is 6.25. The smallest absolute Gasteiger partial charge is 0.0221 e. The Balaban J connectivity index is 2.74. The number of hydrogen-bond donors (Lipinski definition) is 2. The molecule has 3 N–H and O–H groups in total. The van der Waals surface area contributed by atoms with E-state index in [0.29, 0.717) is 23.8 Å². The highest BCUT2D eigenvalue weighted by atomic mass is 15.0. The number of nitrogens with one attached hydrogen (secondary N) is 1. The quantitative estimate of drug-likeness (QED) is 0.690. The number of hydrogen-bond acceptors (Lipinski definition) is 2. The van der Waals surface area contributed by atoms with Crippen molar-refractivity contribution in [3.8, 4) is 0 Å². The maximum Gasteiger partial charge on any atom is 0.0221 e. The Kier molecular flexibility index (Phi) is 7.97. The summed E-state index contributed by atoms with van der Waals surface area (Å²) >= 11 is 0. The van der Waals surface area contributed by atoms with E-state index in [9.17, 15) is 0 Å². The second-order valence-corrected chi connectivity index (χ2v) is 7.57. The first-order valence-electron chi connectivity index (χ1n) is 9.02. The minimum atomic E-state index is 0.506. The molecule has 4 unspecified atom stereocenters. The van der Waals surface area contributed by atoms with E-state index in [4.69, 9.17) is 5.73 Å². The van der Waals surface area contributed by atoms with Gasteiger partial charge < -0.3 is 11.1 Å². The lowest BCUT2D eigenvalue weighted by Gasteiger charge is -2.40. The first-order valence-corrected chi connectivity index (χ1v) is 9.02. The fourth-order valence-corrected chi connectivity index (χ4v) is 3.97.